The van der Waals surface area contributed by atoms with E-state index in [0.29, 0.717) is 17.4 Å². The molecule has 0 spiro atoms. The van der Waals surface area contributed by atoms with Gasteiger partial charge in [-0.3, -0.25) is 0 Å². The predicted octanol–water partition coefficient (Wildman–Crippen LogP) is 1.98. The smallest absolute Gasteiger partial charge is 0.150 e. The number of alkyl halides is 1. The Morgan fingerprint density at radius 1 is 1.62 bits per heavy atom. The molecule has 16 heavy (non-hydrogen) atoms. The molecule has 1 fully saturated rings. The number of sulfone groups is 1. The molecule has 3 nitrogen and oxygen atoms in total. The Kier molecular flexibility index (Phi) is 3.87. The van der Waals surface area contributed by atoms with E-state index in [-0.39, 0.29) is 11.8 Å². The van der Waals surface area contributed by atoms with Crippen molar-refractivity contribution in [3.05, 3.63) is 16.6 Å². The minimum absolute atomic E-state index is 0.212. The van der Waals surface area contributed by atoms with Crippen LogP contribution in [-0.2, 0) is 16.3 Å². The molecule has 2 rings (SSSR count). The molecule has 1 aliphatic heterocycles. The van der Waals surface area contributed by atoms with Gasteiger partial charge in [-0.15, -0.1) is 22.9 Å². The zero-order valence-corrected chi connectivity index (χ0v) is 11.2. The molecule has 90 valence electrons. The second-order valence-electron chi connectivity index (χ2n) is 4.26. The molecule has 2 unspecified atom stereocenters. The number of hydrogen-bond donors (Lipinski definition) is 0. The lowest BCUT2D eigenvalue weighted by molar-refractivity contribution is 0.395. The Morgan fingerprint density at radius 3 is 2.94 bits per heavy atom. The molecule has 1 aliphatic rings. The summed E-state index contributed by atoms with van der Waals surface area (Å²) in [6.07, 6.45) is 1.55. The fourth-order valence-corrected chi connectivity index (χ4v) is 5.00. The molecule has 6 heteroatoms. The van der Waals surface area contributed by atoms with Gasteiger partial charge in [0.15, 0.2) is 9.84 Å². The van der Waals surface area contributed by atoms with Gasteiger partial charge in [0.25, 0.3) is 0 Å². The van der Waals surface area contributed by atoms with Crippen LogP contribution in [0.5, 0.6) is 0 Å². The first-order chi connectivity index (χ1) is 7.61. The van der Waals surface area contributed by atoms with Crippen LogP contribution in [0.25, 0.3) is 0 Å². The second-order valence-corrected chi connectivity index (χ2v) is 7.52. The Balaban J connectivity index is 2.01. The Hall–Kier alpha value is -0.130. The van der Waals surface area contributed by atoms with E-state index in [0.717, 1.165) is 18.5 Å². The van der Waals surface area contributed by atoms with Gasteiger partial charge in [0.2, 0.25) is 0 Å². The number of rotatable bonds is 4. The van der Waals surface area contributed by atoms with Crippen LogP contribution in [0.4, 0.5) is 0 Å². The van der Waals surface area contributed by atoms with Crippen molar-refractivity contribution in [2.75, 3.05) is 17.4 Å². The maximum atomic E-state index is 11.4. The van der Waals surface area contributed by atoms with E-state index < -0.39 is 9.84 Å². The van der Waals surface area contributed by atoms with Gasteiger partial charge < -0.3 is 0 Å². The van der Waals surface area contributed by atoms with Crippen LogP contribution in [0, 0.1) is 11.8 Å². The van der Waals surface area contributed by atoms with Gasteiger partial charge in [0, 0.05) is 11.3 Å². The van der Waals surface area contributed by atoms with Crippen molar-refractivity contribution in [1.82, 2.24) is 4.98 Å². The molecule has 2 heterocycles. The van der Waals surface area contributed by atoms with Gasteiger partial charge in [-0.25, -0.2) is 13.4 Å². The van der Waals surface area contributed by atoms with Crippen LogP contribution < -0.4 is 0 Å². The first kappa shape index (κ1) is 12.3. The molecule has 0 aromatic carbocycles. The van der Waals surface area contributed by atoms with E-state index in [1.54, 1.807) is 16.8 Å². The van der Waals surface area contributed by atoms with Crippen LogP contribution in [0.2, 0.25) is 0 Å². The standard InChI is InChI=1S/C10H14ClNO2S2/c11-4-9(3-10-5-15-7-12-10)8-1-2-16(13,14)6-8/h5,7-9H,1-4,6H2. The fraction of sp³-hybridized carbons (Fsp3) is 0.700. The molecule has 1 aromatic rings. The number of thiazole rings is 1. The highest BCUT2D eigenvalue weighted by atomic mass is 35.5. The van der Waals surface area contributed by atoms with Gasteiger partial charge >= 0.3 is 0 Å². The average molecular weight is 280 g/mol. The third-order valence-corrected chi connectivity index (χ3v) is 5.91. The molecule has 0 radical (unpaired) electrons. The summed E-state index contributed by atoms with van der Waals surface area (Å²) in [6.45, 7) is 0. The molecule has 0 amide bonds. The SMILES string of the molecule is O=S1(=O)CCC(C(CCl)Cc2cscn2)C1. The van der Waals surface area contributed by atoms with Gasteiger partial charge in [-0.1, -0.05) is 0 Å². The summed E-state index contributed by atoms with van der Waals surface area (Å²) in [5.41, 5.74) is 2.83. The van der Waals surface area contributed by atoms with Crippen LogP contribution in [-0.4, -0.2) is 30.8 Å². The van der Waals surface area contributed by atoms with E-state index >= 15 is 0 Å². The fourth-order valence-electron chi connectivity index (χ4n) is 2.15. The minimum atomic E-state index is -2.81. The average Bonchev–Trinajstić information content (AvgIpc) is 2.83. The van der Waals surface area contributed by atoms with Gasteiger partial charge in [-0.05, 0) is 24.7 Å². The van der Waals surface area contributed by atoms with Crippen LogP contribution in [0.15, 0.2) is 10.9 Å². The van der Waals surface area contributed by atoms with Crippen LogP contribution in [0.3, 0.4) is 0 Å². The first-order valence-corrected chi connectivity index (χ1v) is 8.54. The van der Waals surface area contributed by atoms with E-state index in [9.17, 15) is 8.42 Å². The monoisotopic (exact) mass is 279 g/mol. The predicted molar refractivity (Wildman–Crippen MR) is 66.8 cm³/mol. The zero-order valence-electron chi connectivity index (χ0n) is 8.80. The van der Waals surface area contributed by atoms with Gasteiger partial charge in [0.05, 0.1) is 22.7 Å². The highest BCUT2D eigenvalue weighted by Crippen LogP contribution is 2.29. The lowest BCUT2D eigenvalue weighted by Crippen LogP contribution is -2.20. The van der Waals surface area contributed by atoms with Crippen molar-refractivity contribution in [2.45, 2.75) is 12.8 Å². The maximum Gasteiger partial charge on any atom is 0.150 e. The summed E-state index contributed by atoms with van der Waals surface area (Å²) in [4.78, 5) is 4.22. The molecule has 2 atom stereocenters. The quantitative estimate of drug-likeness (QED) is 0.792. The lowest BCUT2D eigenvalue weighted by Gasteiger charge is -2.18. The van der Waals surface area contributed by atoms with Gasteiger partial charge in [0.1, 0.15) is 0 Å². The third-order valence-electron chi connectivity index (χ3n) is 3.09. The molecule has 0 N–H and O–H groups in total. The second kappa shape index (κ2) is 5.02. The summed E-state index contributed by atoms with van der Waals surface area (Å²) < 4.78 is 22.8. The van der Waals surface area contributed by atoms with Crippen LogP contribution >= 0.6 is 22.9 Å². The molecule has 0 bridgehead atoms. The van der Waals surface area contributed by atoms with Crippen molar-refractivity contribution in [3.63, 3.8) is 0 Å². The molecule has 0 saturated carbocycles. The number of halogens is 1. The van der Waals surface area contributed by atoms with Gasteiger partial charge in [-0.2, -0.15) is 0 Å². The van der Waals surface area contributed by atoms with E-state index in [1.165, 1.54) is 0 Å². The summed E-state index contributed by atoms with van der Waals surface area (Å²) in [5, 5.41) is 2.00. The van der Waals surface area contributed by atoms with Crippen molar-refractivity contribution < 1.29 is 8.42 Å². The normalized spacial score (nSPS) is 25.7. The molecular formula is C10H14ClNO2S2. The lowest BCUT2D eigenvalue weighted by atomic mass is 9.90. The van der Waals surface area contributed by atoms with E-state index in [1.807, 2.05) is 5.38 Å². The number of hydrogen-bond acceptors (Lipinski definition) is 4. The zero-order chi connectivity index (χ0) is 11.6. The molecule has 1 aromatic heterocycles. The third kappa shape index (κ3) is 2.96. The van der Waals surface area contributed by atoms with E-state index in [4.69, 9.17) is 11.6 Å². The number of nitrogens with zero attached hydrogens (tertiary/aromatic N) is 1. The van der Waals surface area contributed by atoms with E-state index in [2.05, 4.69) is 4.98 Å². The first-order valence-electron chi connectivity index (χ1n) is 5.24. The summed E-state index contributed by atoms with van der Waals surface area (Å²) >= 11 is 7.50. The summed E-state index contributed by atoms with van der Waals surface area (Å²) in [5.74, 6) is 1.58. The van der Waals surface area contributed by atoms with Crippen molar-refractivity contribution in [3.8, 4) is 0 Å². The molecule has 0 aliphatic carbocycles. The highest BCUT2D eigenvalue weighted by molar-refractivity contribution is 7.91. The Bertz CT molecular complexity index is 430. The van der Waals surface area contributed by atoms with Crippen molar-refractivity contribution in [2.24, 2.45) is 11.8 Å². The maximum absolute atomic E-state index is 11.4. The Morgan fingerprint density at radius 2 is 2.44 bits per heavy atom. The number of aromatic nitrogens is 1. The Labute approximate surface area is 105 Å². The molecular weight excluding hydrogens is 266 g/mol. The topological polar surface area (TPSA) is 47.0 Å². The van der Waals surface area contributed by atoms with Crippen molar-refractivity contribution in [1.29, 1.82) is 0 Å². The molecule has 1 saturated heterocycles. The summed E-state index contributed by atoms with van der Waals surface area (Å²) in [7, 11) is -2.81. The summed E-state index contributed by atoms with van der Waals surface area (Å²) in [6, 6.07) is 0. The van der Waals surface area contributed by atoms with Crippen molar-refractivity contribution >= 4 is 32.8 Å². The minimum Gasteiger partial charge on any atom is -0.250 e. The largest absolute Gasteiger partial charge is 0.250 e. The highest BCUT2D eigenvalue weighted by Gasteiger charge is 2.33. The van der Waals surface area contributed by atoms with Crippen LogP contribution in [0.1, 0.15) is 12.1 Å².